The molecule has 1 N–H and O–H groups in total. The Balaban J connectivity index is 1.78. The van der Waals surface area contributed by atoms with E-state index < -0.39 is 21.8 Å². The van der Waals surface area contributed by atoms with Crippen molar-refractivity contribution in [2.24, 2.45) is 0 Å². The molecule has 26 heavy (non-hydrogen) atoms. The van der Waals surface area contributed by atoms with Crippen LogP contribution in [0.4, 0.5) is 13.2 Å². The Morgan fingerprint density at radius 1 is 1.12 bits per heavy atom. The number of ether oxygens (including phenoxy) is 1. The van der Waals surface area contributed by atoms with Crippen molar-refractivity contribution in [1.29, 1.82) is 0 Å². The first-order valence-electron chi connectivity index (χ1n) is 8.02. The van der Waals surface area contributed by atoms with Crippen LogP contribution >= 0.6 is 11.3 Å². The highest BCUT2D eigenvalue weighted by Gasteiger charge is 2.37. The van der Waals surface area contributed by atoms with E-state index in [-0.39, 0.29) is 16.9 Å². The minimum absolute atomic E-state index is 0.181. The quantitative estimate of drug-likeness (QED) is 0.823. The lowest BCUT2D eigenvalue weighted by molar-refractivity contribution is -0.137. The molecule has 1 aliphatic rings. The molecular formula is C17H18F3NO3S2. The summed E-state index contributed by atoms with van der Waals surface area (Å²) in [7, 11) is -3.90. The van der Waals surface area contributed by atoms with Gasteiger partial charge in [0.2, 0.25) is 10.0 Å². The van der Waals surface area contributed by atoms with Gasteiger partial charge in [0.15, 0.2) is 0 Å². The second kappa shape index (κ2) is 7.30. The molecule has 0 unspecified atom stereocenters. The van der Waals surface area contributed by atoms with Crippen molar-refractivity contribution < 1.29 is 26.3 Å². The van der Waals surface area contributed by atoms with Crippen LogP contribution in [0.1, 0.15) is 23.3 Å². The van der Waals surface area contributed by atoms with Gasteiger partial charge >= 0.3 is 6.18 Å². The lowest BCUT2D eigenvalue weighted by Gasteiger charge is -2.36. The molecule has 3 rings (SSSR count). The molecule has 1 aromatic heterocycles. The zero-order valence-electron chi connectivity index (χ0n) is 13.8. The molecule has 0 bridgehead atoms. The van der Waals surface area contributed by atoms with E-state index in [2.05, 4.69) is 4.72 Å². The molecule has 1 saturated heterocycles. The van der Waals surface area contributed by atoms with Crippen LogP contribution in [0.5, 0.6) is 0 Å². The second-order valence-corrected chi connectivity index (χ2v) is 8.93. The standard InChI is InChI=1S/C17H18F3NO3S2/c18-17(19,20)13-3-5-14(6-4-13)26(22,23)21-12-16(7-9-24-10-8-16)15-2-1-11-25-15/h1-6,11,21H,7-10,12H2. The number of halogens is 3. The molecule has 0 atom stereocenters. The van der Waals surface area contributed by atoms with Crippen molar-refractivity contribution in [2.45, 2.75) is 29.3 Å². The maximum Gasteiger partial charge on any atom is 0.416 e. The number of nitrogens with one attached hydrogen (secondary N) is 1. The smallest absolute Gasteiger partial charge is 0.381 e. The van der Waals surface area contributed by atoms with Gasteiger partial charge in [0.1, 0.15) is 0 Å². The Morgan fingerprint density at radius 3 is 2.31 bits per heavy atom. The van der Waals surface area contributed by atoms with Gasteiger partial charge in [0, 0.05) is 30.1 Å². The Hall–Kier alpha value is -1.42. The monoisotopic (exact) mass is 405 g/mol. The van der Waals surface area contributed by atoms with Crippen LogP contribution in [-0.2, 0) is 26.4 Å². The first-order valence-corrected chi connectivity index (χ1v) is 10.4. The molecule has 2 aromatic rings. The Morgan fingerprint density at radius 2 is 1.77 bits per heavy atom. The maximum absolute atomic E-state index is 12.6. The molecule has 9 heteroatoms. The molecule has 2 heterocycles. The first kappa shape index (κ1) is 19.3. The van der Waals surface area contributed by atoms with E-state index in [9.17, 15) is 21.6 Å². The molecule has 0 spiro atoms. The summed E-state index contributed by atoms with van der Waals surface area (Å²) in [5, 5.41) is 1.94. The highest BCUT2D eigenvalue weighted by molar-refractivity contribution is 7.89. The van der Waals surface area contributed by atoms with Crippen LogP contribution in [0.3, 0.4) is 0 Å². The number of alkyl halides is 3. The summed E-state index contributed by atoms with van der Waals surface area (Å²) in [6, 6.07) is 7.40. The summed E-state index contributed by atoms with van der Waals surface area (Å²) in [6.45, 7) is 1.26. The summed E-state index contributed by atoms with van der Waals surface area (Å²) in [5.41, 5.74) is -1.23. The first-order chi connectivity index (χ1) is 12.2. The fourth-order valence-electron chi connectivity index (χ4n) is 2.99. The molecular weight excluding hydrogens is 387 g/mol. The summed E-state index contributed by atoms with van der Waals surface area (Å²) in [5.74, 6) is 0. The fraction of sp³-hybridized carbons (Fsp3) is 0.412. The highest BCUT2D eigenvalue weighted by Crippen LogP contribution is 2.37. The second-order valence-electron chi connectivity index (χ2n) is 6.22. The average molecular weight is 405 g/mol. The third kappa shape index (κ3) is 4.11. The maximum atomic E-state index is 12.6. The molecule has 0 radical (unpaired) electrons. The van der Waals surface area contributed by atoms with E-state index in [1.165, 1.54) is 0 Å². The van der Waals surface area contributed by atoms with Gasteiger partial charge in [-0.3, -0.25) is 0 Å². The van der Waals surface area contributed by atoms with Gasteiger partial charge in [-0.05, 0) is 48.6 Å². The highest BCUT2D eigenvalue weighted by atomic mass is 32.2. The molecule has 0 saturated carbocycles. The van der Waals surface area contributed by atoms with Crippen LogP contribution in [0.25, 0.3) is 0 Å². The van der Waals surface area contributed by atoms with Gasteiger partial charge in [0.05, 0.1) is 10.5 Å². The van der Waals surface area contributed by atoms with Crippen LogP contribution in [0.15, 0.2) is 46.7 Å². The van der Waals surface area contributed by atoms with Crippen molar-refractivity contribution in [1.82, 2.24) is 4.72 Å². The van der Waals surface area contributed by atoms with Gasteiger partial charge in [-0.25, -0.2) is 13.1 Å². The lowest BCUT2D eigenvalue weighted by atomic mass is 9.79. The normalized spacial score (nSPS) is 18.0. The van der Waals surface area contributed by atoms with E-state index in [1.54, 1.807) is 11.3 Å². The van der Waals surface area contributed by atoms with Crippen molar-refractivity contribution >= 4 is 21.4 Å². The third-order valence-electron chi connectivity index (χ3n) is 4.59. The van der Waals surface area contributed by atoms with E-state index in [0.29, 0.717) is 26.1 Å². The molecule has 142 valence electrons. The summed E-state index contributed by atoms with van der Waals surface area (Å²) >= 11 is 1.56. The summed E-state index contributed by atoms with van der Waals surface area (Å²) in [4.78, 5) is 0.898. The van der Waals surface area contributed by atoms with Crippen molar-refractivity contribution in [3.8, 4) is 0 Å². The lowest BCUT2D eigenvalue weighted by Crippen LogP contribution is -2.44. The predicted octanol–water partition coefficient (Wildman–Crippen LogP) is 3.79. The summed E-state index contributed by atoms with van der Waals surface area (Å²) < 4.78 is 71.0. The fourth-order valence-corrected chi connectivity index (χ4v) is 5.11. The summed E-state index contributed by atoms with van der Waals surface area (Å²) in [6.07, 6.45) is -3.13. The number of rotatable bonds is 5. The number of thiophene rings is 1. The van der Waals surface area contributed by atoms with Crippen molar-refractivity contribution in [3.63, 3.8) is 0 Å². The van der Waals surface area contributed by atoms with Crippen LogP contribution in [0.2, 0.25) is 0 Å². The van der Waals surface area contributed by atoms with E-state index >= 15 is 0 Å². The Bertz CT molecular complexity index is 825. The molecule has 1 aromatic carbocycles. The topological polar surface area (TPSA) is 55.4 Å². The Kier molecular flexibility index (Phi) is 5.43. The number of hydrogen-bond acceptors (Lipinski definition) is 4. The largest absolute Gasteiger partial charge is 0.416 e. The van der Waals surface area contributed by atoms with Crippen molar-refractivity contribution in [2.75, 3.05) is 19.8 Å². The van der Waals surface area contributed by atoms with E-state index in [4.69, 9.17) is 4.74 Å². The van der Waals surface area contributed by atoms with Crippen LogP contribution < -0.4 is 4.72 Å². The zero-order valence-corrected chi connectivity index (χ0v) is 15.4. The van der Waals surface area contributed by atoms with E-state index in [0.717, 1.165) is 29.1 Å². The van der Waals surface area contributed by atoms with Gasteiger partial charge in [-0.1, -0.05) is 6.07 Å². The minimum atomic E-state index is -4.50. The number of sulfonamides is 1. The molecule has 0 aliphatic carbocycles. The van der Waals surface area contributed by atoms with Gasteiger partial charge in [0.25, 0.3) is 0 Å². The minimum Gasteiger partial charge on any atom is -0.381 e. The van der Waals surface area contributed by atoms with Gasteiger partial charge in [-0.2, -0.15) is 13.2 Å². The van der Waals surface area contributed by atoms with Crippen LogP contribution in [0, 0.1) is 0 Å². The molecule has 4 nitrogen and oxygen atoms in total. The van der Waals surface area contributed by atoms with Gasteiger partial charge in [-0.15, -0.1) is 11.3 Å². The zero-order chi connectivity index (χ0) is 18.8. The van der Waals surface area contributed by atoms with E-state index in [1.807, 2.05) is 17.5 Å². The van der Waals surface area contributed by atoms with Crippen LogP contribution in [-0.4, -0.2) is 28.2 Å². The Labute approximate surface area is 154 Å². The average Bonchev–Trinajstić information content (AvgIpc) is 3.16. The predicted molar refractivity (Wildman–Crippen MR) is 92.7 cm³/mol. The number of hydrogen-bond donors (Lipinski definition) is 1. The molecule has 0 amide bonds. The third-order valence-corrected chi connectivity index (χ3v) is 7.12. The number of benzene rings is 1. The molecule has 1 aliphatic heterocycles. The van der Waals surface area contributed by atoms with Gasteiger partial charge < -0.3 is 4.74 Å². The SMILES string of the molecule is O=S(=O)(NCC1(c2cccs2)CCOCC1)c1ccc(C(F)(F)F)cc1. The molecule has 1 fully saturated rings. The van der Waals surface area contributed by atoms with Crippen molar-refractivity contribution in [3.05, 3.63) is 52.2 Å².